The Morgan fingerprint density at radius 2 is 1.65 bits per heavy atom. The molecule has 17 heavy (non-hydrogen) atoms. The molecule has 0 heterocycles. The molecule has 2 unspecified atom stereocenters. The van der Waals surface area contributed by atoms with Gasteiger partial charge < -0.3 is 5.73 Å². The molecule has 2 aliphatic carbocycles. The normalized spacial score (nSPS) is 35.1. The van der Waals surface area contributed by atoms with E-state index in [4.69, 9.17) is 5.73 Å². The lowest BCUT2D eigenvalue weighted by Crippen LogP contribution is -2.58. The lowest BCUT2D eigenvalue weighted by molar-refractivity contribution is 0.0462. The van der Waals surface area contributed by atoms with Gasteiger partial charge in [0, 0.05) is 18.1 Å². The molecule has 2 nitrogen and oxygen atoms in total. The van der Waals surface area contributed by atoms with Crippen molar-refractivity contribution >= 4 is 0 Å². The predicted molar refractivity (Wildman–Crippen MR) is 74.0 cm³/mol. The van der Waals surface area contributed by atoms with Gasteiger partial charge in [-0.25, -0.2) is 0 Å². The van der Waals surface area contributed by atoms with Crippen LogP contribution in [-0.2, 0) is 0 Å². The molecule has 0 aliphatic heterocycles. The van der Waals surface area contributed by atoms with Crippen LogP contribution in [0, 0.1) is 5.41 Å². The average Bonchev–Trinajstić information content (AvgIpc) is 2.33. The third-order valence-electron chi connectivity index (χ3n) is 5.31. The Bertz CT molecular complexity index is 243. The molecule has 2 rings (SSSR count). The molecule has 0 radical (unpaired) electrons. The summed E-state index contributed by atoms with van der Waals surface area (Å²) in [6.07, 6.45) is 11.0. The van der Waals surface area contributed by atoms with Crippen LogP contribution >= 0.6 is 0 Å². The van der Waals surface area contributed by atoms with Crippen molar-refractivity contribution in [3.05, 3.63) is 0 Å². The summed E-state index contributed by atoms with van der Waals surface area (Å²) < 4.78 is 0. The number of rotatable bonds is 2. The predicted octanol–water partition coefficient (Wildman–Crippen LogP) is 3.16. The maximum atomic E-state index is 6.52. The lowest BCUT2D eigenvalue weighted by atomic mass is 9.70. The van der Waals surface area contributed by atoms with Crippen LogP contribution in [0.4, 0.5) is 0 Å². The van der Waals surface area contributed by atoms with Crippen molar-refractivity contribution in [2.24, 2.45) is 11.1 Å². The van der Waals surface area contributed by atoms with Crippen LogP contribution in [0.25, 0.3) is 0 Å². The molecule has 100 valence electrons. The standard InChI is InChI=1S/C15H30N2/c1-15(2)11-7-10-13(14(15)16)17(3)12-8-5-4-6-9-12/h12-14H,4-11,16H2,1-3H3. The zero-order valence-corrected chi connectivity index (χ0v) is 11.9. The van der Waals surface area contributed by atoms with E-state index >= 15 is 0 Å². The van der Waals surface area contributed by atoms with Crippen molar-refractivity contribution in [2.45, 2.75) is 83.3 Å². The molecule has 0 aromatic heterocycles. The van der Waals surface area contributed by atoms with E-state index in [-0.39, 0.29) is 0 Å². The van der Waals surface area contributed by atoms with E-state index in [2.05, 4.69) is 25.8 Å². The Morgan fingerprint density at radius 1 is 1.00 bits per heavy atom. The summed E-state index contributed by atoms with van der Waals surface area (Å²) in [7, 11) is 2.32. The Labute approximate surface area is 107 Å². The summed E-state index contributed by atoms with van der Waals surface area (Å²) in [5.41, 5.74) is 6.85. The van der Waals surface area contributed by atoms with Crippen molar-refractivity contribution in [3.8, 4) is 0 Å². The first-order chi connectivity index (χ1) is 8.02. The fourth-order valence-electron chi connectivity index (χ4n) is 3.85. The van der Waals surface area contributed by atoms with E-state index in [0.717, 1.165) is 6.04 Å². The molecule has 0 amide bonds. The molecule has 0 bridgehead atoms. The van der Waals surface area contributed by atoms with Crippen LogP contribution < -0.4 is 5.73 Å². The highest BCUT2D eigenvalue weighted by Crippen LogP contribution is 2.37. The van der Waals surface area contributed by atoms with Gasteiger partial charge in [0.05, 0.1) is 0 Å². The van der Waals surface area contributed by atoms with Crippen LogP contribution in [0.1, 0.15) is 65.2 Å². The maximum absolute atomic E-state index is 6.52. The first kappa shape index (κ1) is 13.4. The van der Waals surface area contributed by atoms with Gasteiger partial charge in [0.15, 0.2) is 0 Å². The third kappa shape index (κ3) is 2.85. The van der Waals surface area contributed by atoms with Crippen LogP contribution in [0.15, 0.2) is 0 Å². The zero-order valence-electron chi connectivity index (χ0n) is 11.9. The van der Waals surface area contributed by atoms with Gasteiger partial charge in [-0.3, -0.25) is 4.90 Å². The monoisotopic (exact) mass is 238 g/mol. The van der Waals surface area contributed by atoms with E-state index in [0.29, 0.717) is 17.5 Å². The Kier molecular flexibility index (Phi) is 4.14. The lowest BCUT2D eigenvalue weighted by Gasteiger charge is -2.48. The Morgan fingerprint density at radius 3 is 2.29 bits per heavy atom. The fourth-order valence-corrected chi connectivity index (χ4v) is 3.85. The topological polar surface area (TPSA) is 29.3 Å². The largest absolute Gasteiger partial charge is 0.326 e. The minimum absolute atomic E-state index is 0.325. The maximum Gasteiger partial charge on any atom is 0.0252 e. The molecule has 0 spiro atoms. The molecular weight excluding hydrogens is 208 g/mol. The number of hydrogen-bond donors (Lipinski definition) is 1. The molecule has 2 aliphatic rings. The average molecular weight is 238 g/mol. The summed E-state index contributed by atoms with van der Waals surface area (Å²) in [6.45, 7) is 4.69. The van der Waals surface area contributed by atoms with Crippen molar-refractivity contribution in [3.63, 3.8) is 0 Å². The summed E-state index contributed by atoms with van der Waals surface area (Å²) in [5.74, 6) is 0. The van der Waals surface area contributed by atoms with Gasteiger partial charge in [-0.05, 0) is 38.1 Å². The van der Waals surface area contributed by atoms with Crippen molar-refractivity contribution < 1.29 is 0 Å². The SMILES string of the molecule is CN(C1CCCCC1)C1CCCC(C)(C)C1N. The van der Waals surface area contributed by atoms with Gasteiger partial charge >= 0.3 is 0 Å². The second kappa shape index (κ2) is 5.27. The molecular formula is C15H30N2. The Hall–Kier alpha value is -0.0800. The van der Waals surface area contributed by atoms with Gasteiger partial charge in [0.25, 0.3) is 0 Å². The van der Waals surface area contributed by atoms with E-state index in [9.17, 15) is 0 Å². The number of nitrogens with two attached hydrogens (primary N) is 1. The van der Waals surface area contributed by atoms with Gasteiger partial charge in [-0.15, -0.1) is 0 Å². The number of nitrogens with zero attached hydrogens (tertiary/aromatic N) is 1. The van der Waals surface area contributed by atoms with Gasteiger partial charge in [-0.2, -0.15) is 0 Å². The molecule has 2 fully saturated rings. The van der Waals surface area contributed by atoms with Gasteiger partial charge in [-0.1, -0.05) is 39.5 Å². The highest BCUT2D eigenvalue weighted by molar-refractivity contribution is 4.97. The summed E-state index contributed by atoms with van der Waals surface area (Å²) >= 11 is 0. The van der Waals surface area contributed by atoms with E-state index in [1.165, 1.54) is 51.4 Å². The van der Waals surface area contributed by atoms with E-state index < -0.39 is 0 Å². The van der Waals surface area contributed by atoms with Crippen LogP contribution in [0.3, 0.4) is 0 Å². The second-order valence-corrected chi connectivity index (χ2v) is 6.93. The van der Waals surface area contributed by atoms with Gasteiger partial charge in [0.1, 0.15) is 0 Å². The molecule has 0 aromatic carbocycles. The highest BCUT2D eigenvalue weighted by Gasteiger charge is 2.39. The smallest absolute Gasteiger partial charge is 0.0252 e. The van der Waals surface area contributed by atoms with Crippen molar-refractivity contribution in [2.75, 3.05) is 7.05 Å². The first-order valence-electron chi connectivity index (χ1n) is 7.50. The summed E-state index contributed by atoms with van der Waals surface area (Å²) in [5, 5.41) is 0. The third-order valence-corrected chi connectivity index (χ3v) is 5.31. The van der Waals surface area contributed by atoms with E-state index in [1.54, 1.807) is 0 Å². The number of likely N-dealkylation sites (N-methyl/N-ethyl adjacent to an activating group) is 1. The fraction of sp³-hybridized carbons (Fsp3) is 1.00. The molecule has 2 heteroatoms. The minimum Gasteiger partial charge on any atom is -0.326 e. The van der Waals surface area contributed by atoms with Gasteiger partial charge in [0.2, 0.25) is 0 Å². The molecule has 2 saturated carbocycles. The van der Waals surface area contributed by atoms with Crippen molar-refractivity contribution in [1.29, 1.82) is 0 Å². The highest BCUT2D eigenvalue weighted by atomic mass is 15.2. The van der Waals surface area contributed by atoms with Crippen molar-refractivity contribution in [1.82, 2.24) is 4.90 Å². The number of hydrogen-bond acceptors (Lipinski definition) is 2. The Balaban J connectivity index is 2.00. The van der Waals surface area contributed by atoms with Crippen LogP contribution in [0.5, 0.6) is 0 Å². The van der Waals surface area contributed by atoms with Crippen LogP contribution in [-0.4, -0.2) is 30.1 Å². The summed E-state index contributed by atoms with van der Waals surface area (Å²) in [4.78, 5) is 2.63. The quantitative estimate of drug-likeness (QED) is 0.800. The molecule has 0 aromatic rings. The first-order valence-corrected chi connectivity index (χ1v) is 7.50. The minimum atomic E-state index is 0.325. The molecule has 2 N–H and O–H groups in total. The molecule has 2 atom stereocenters. The summed E-state index contributed by atoms with van der Waals surface area (Å²) in [6, 6.07) is 1.76. The zero-order chi connectivity index (χ0) is 12.5. The second-order valence-electron chi connectivity index (χ2n) is 6.93. The molecule has 0 saturated heterocycles. The van der Waals surface area contributed by atoms with Crippen LogP contribution in [0.2, 0.25) is 0 Å². The van der Waals surface area contributed by atoms with E-state index in [1.807, 2.05) is 0 Å².